The van der Waals surface area contributed by atoms with Crippen LogP contribution in [0.1, 0.15) is 6.92 Å². The number of nitrogens with zero attached hydrogens (tertiary/aromatic N) is 2. The molecule has 1 aliphatic rings. The van der Waals surface area contributed by atoms with Crippen molar-refractivity contribution in [2.24, 2.45) is 0 Å². The molecule has 4 amide bonds. The minimum absolute atomic E-state index is 0.0943. The topological polar surface area (TPSA) is 120 Å². The van der Waals surface area contributed by atoms with Gasteiger partial charge in [0, 0.05) is 0 Å². The Balaban J connectivity index is 1.72. The van der Waals surface area contributed by atoms with Crippen LogP contribution in [0, 0.1) is 5.82 Å². The van der Waals surface area contributed by atoms with Gasteiger partial charge in [0.05, 0.1) is 12.4 Å². The quantitative estimate of drug-likeness (QED) is 0.790. The fourth-order valence-corrected chi connectivity index (χ4v) is 1.91. The highest BCUT2D eigenvalue weighted by atomic mass is 19.1. The molecule has 10 heteroatoms. The van der Waals surface area contributed by atoms with Gasteiger partial charge in [-0.3, -0.25) is 20.2 Å². The summed E-state index contributed by atoms with van der Waals surface area (Å²) >= 11 is 0. The first-order valence-electron chi connectivity index (χ1n) is 6.98. The van der Waals surface area contributed by atoms with Gasteiger partial charge in [-0.2, -0.15) is 0 Å². The molecule has 3 rings (SSSR count). The highest BCUT2D eigenvalue weighted by Gasteiger charge is 2.49. The third-order valence-electron chi connectivity index (χ3n) is 3.27. The standard InChI is InChI=1S/C15H11FN4O5/c1-15(12(21)19-14(23)20-13(15)22)25-11-7-17-10(6-18-11)24-9-4-2-8(16)3-5-9/h2-7H,1H3,(H2,19,20,21,22,23). The number of urea groups is 1. The highest BCUT2D eigenvalue weighted by Crippen LogP contribution is 2.22. The summed E-state index contributed by atoms with van der Waals surface area (Å²) in [6.45, 7) is 1.19. The van der Waals surface area contributed by atoms with Crippen LogP contribution < -0.4 is 20.1 Å². The molecule has 1 fully saturated rings. The van der Waals surface area contributed by atoms with Gasteiger partial charge in [0.25, 0.3) is 17.4 Å². The first kappa shape index (κ1) is 16.3. The smallest absolute Gasteiger partial charge is 0.328 e. The molecule has 1 saturated heterocycles. The highest BCUT2D eigenvalue weighted by molar-refractivity contribution is 6.21. The maximum atomic E-state index is 12.8. The summed E-state index contributed by atoms with van der Waals surface area (Å²) in [7, 11) is 0. The number of ether oxygens (including phenoxy) is 2. The van der Waals surface area contributed by atoms with Crippen LogP contribution in [0.25, 0.3) is 0 Å². The number of benzene rings is 1. The molecule has 2 heterocycles. The minimum atomic E-state index is -1.97. The summed E-state index contributed by atoms with van der Waals surface area (Å²) in [5.74, 6) is -1.94. The van der Waals surface area contributed by atoms with Crippen molar-refractivity contribution in [3.8, 4) is 17.5 Å². The maximum absolute atomic E-state index is 12.8. The summed E-state index contributed by atoms with van der Waals surface area (Å²) in [4.78, 5) is 42.6. The number of hydrogen-bond donors (Lipinski definition) is 2. The lowest BCUT2D eigenvalue weighted by Crippen LogP contribution is -2.67. The van der Waals surface area contributed by atoms with Crippen LogP contribution in [-0.2, 0) is 9.59 Å². The third-order valence-corrected chi connectivity index (χ3v) is 3.27. The molecule has 25 heavy (non-hydrogen) atoms. The van der Waals surface area contributed by atoms with Crippen molar-refractivity contribution in [3.63, 3.8) is 0 Å². The number of imide groups is 2. The molecule has 0 atom stereocenters. The third kappa shape index (κ3) is 3.37. The average molecular weight is 346 g/mol. The SMILES string of the molecule is CC1(Oc2cnc(Oc3ccc(F)cc3)cn2)C(=O)NC(=O)NC1=O. The second-order valence-electron chi connectivity index (χ2n) is 5.12. The zero-order valence-corrected chi connectivity index (χ0v) is 12.8. The van der Waals surface area contributed by atoms with E-state index in [4.69, 9.17) is 9.47 Å². The van der Waals surface area contributed by atoms with E-state index in [1.807, 2.05) is 10.6 Å². The summed E-state index contributed by atoms with van der Waals surface area (Å²) in [6, 6.07) is 4.35. The molecule has 2 aromatic rings. The number of rotatable bonds is 4. The van der Waals surface area contributed by atoms with Gasteiger partial charge < -0.3 is 9.47 Å². The number of barbiturate groups is 1. The number of nitrogens with one attached hydrogen (secondary N) is 2. The molecule has 2 N–H and O–H groups in total. The minimum Gasteiger partial charge on any atom is -0.450 e. The van der Waals surface area contributed by atoms with Gasteiger partial charge in [-0.1, -0.05) is 0 Å². The predicted octanol–water partition coefficient (Wildman–Crippen LogP) is 0.911. The van der Waals surface area contributed by atoms with Gasteiger partial charge >= 0.3 is 6.03 Å². The van der Waals surface area contributed by atoms with Crippen molar-refractivity contribution < 1.29 is 28.2 Å². The van der Waals surface area contributed by atoms with Crippen LogP contribution in [0.5, 0.6) is 17.5 Å². The molecule has 0 saturated carbocycles. The fraction of sp³-hybridized carbons (Fsp3) is 0.133. The fourth-order valence-electron chi connectivity index (χ4n) is 1.91. The number of halogens is 1. The summed E-state index contributed by atoms with van der Waals surface area (Å²) < 4.78 is 23.5. The van der Waals surface area contributed by atoms with E-state index in [1.165, 1.54) is 37.4 Å². The van der Waals surface area contributed by atoms with Crippen LogP contribution in [0.3, 0.4) is 0 Å². The van der Waals surface area contributed by atoms with E-state index in [2.05, 4.69) is 9.97 Å². The number of carbonyl (C=O) groups excluding carboxylic acids is 3. The second-order valence-corrected chi connectivity index (χ2v) is 5.12. The molecule has 0 aliphatic carbocycles. The van der Waals surface area contributed by atoms with Gasteiger partial charge in [0.15, 0.2) is 0 Å². The van der Waals surface area contributed by atoms with E-state index >= 15 is 0 Å². The number of amides is 4. The van der Waals surface area contributed by atoms with E-state index in [9.17, 15) is 18.8 Å². The van der Waals surface area contributed by atoms with Crippen LogP contribution in [-0.4, -0.2) is 33.4 Å². The maximum Gasteiger partial charge on any atom is 0.328 e. The Bertz CT molecular complexity index is 818. The number of aromatic nitrogens is 2. The number of carbonyl (C=O) groups is 3. The van der Waals surface area contributed by atoms with E-state index in [0.29, 0.717) is 5.75 Å². The lowest BCUT2D eigenvalue weighted by atomic mass is 10.0. The van der Waals surface area contributed by atoms with E-state index in [0.717, 1.165) is 6.20 Å². The second kappa shape index (κ2) is 6.15. The molecule has 0 radical (unpaired) electrons. The van der Waals surface area contributed by atoms with Crippen molar-refractivity contribution in [1.82, 2.24) is 20.6 Å². The number of hydrogen-bond acceptors (Lipinski definition) is 7. The van der Waals surface area contributed by atoms with Crippen molar-refractivity contribution in [3.05, 3.63) is 42.5 Å². The van der Waals surface area contributed by atoms with Gasteiger partial charge in [0.2, 0.25) is 11.8 Å². The molecular formula is C15H11FN4O5. The van der Waals surface area contributed by atoms with Crippen LogP contribution in [0.2, 0.25) is 0 Å². The van der Waals surface area contributed by atoms with Crippen LogP contribution >= 0.6 is 0 Å². The molecule has 0 unspecified atom stereocenters. The molecule has 0 spiro atoms. The Morgan fingerprint density at radius 2 is 1.52 bits per heavy atom. The molecular weight excluding hydrogens is 335 g/mol. The Morgan fingerprint density at radius 3 is 2.08 bits per heavy atom. The molecule has 9 nitrogen and oxygen atoms in total. The Hall–Kier alpha value is -3.56. The predicted molar refractivity (Wildman–Crippen MR) is 79.2 cm³/mol. The lowest BCUT2D eigenvalue weighted by Gasteiger charge is -2.30. The van der Waals surface area contributed by atoms with Crippen molar-refractivity contribution in [2.45, 2.75) is 12.5 Å². The normalized spacial score (nSPS) is 16.0. The first-order valence-corrected chi connectivity index (χ1v) is 6.98. The van der Waals surface area contributed by atoms with E-state index in [-0.39, 0.29) is 11.8 Å². The van der Waals surface area contributed by atoms with Crippen LogP contribution in [0.4, 0.5) is 9.18 Å². The molecule has 128 valence electrons. The average Bonchev–Trinajstić information content (AvgIpc) is 2.57. The Morgan fingerprint density at radius 1 is 0.960 bits per heavy atom. The lowest BCUT2D eigenvalue weighted by molar-refractivity contribution is -0.149. The molecule has 0 bridgehead atoms. The van der Waals surface area contributed by atoms with Crippen molar-refractivity contribution >= 4 is 17.8 Å². The zero-order valence-electron chi connectivity index (χ0n) is 12.8. The molecule has 1 aromatic carbocycles. The molecule has 1 aliphatic heterocycles. The zero-order chi connectivity index (χ0) is 18.0. The van der Waals surface area contributed by atoms with E-state index < -0.39 is 29.3 Å². The Labute approximate surface area is 140 Å². The van der Waals surface area contributed by atoms with Gasteiger partial charge in [-0.25, -0.2) is 19.2 Å². The van der Waals surface area contributed by atoms with E-state index in [1.54, 1.807) is 0 Å². The van der Waals surface area contributed by atoms with Gasteiger partial charge in [0.1, 0.15) is 11.6 Å². The monoisotopic (exact) mass is 346 g/mol. The summed E-state index contributed by atoms with van der Waals surface area (Å²) in [5, 5.41) is 3.86. The van der Waals surface area contributed by atoms with Gasteiger partial charge in [-0.15, -0.1) is 0 Å². The van der Waals surface area contributed by atoms with Crippen molar-refractivity contribution in [1.29, 1.82) is 0 Å². The summed E-state index contributed by atoms with van der Waals surface area (Å²) in [6.07, 6.45) is 2.34. The summed E-state index contributed by atoms with van der Waals surface area (Å²) in [5.41, 5.74) is -1.97. The van der Waals surface area contributed by atoms with Crippen LogP contribution in [0.15, 0.2) is 36.7 Å². The molecule has 1 aromatic heterocycles. The largest absolute Gasteiger partial charge is 0.450 e. The first-order chi connectivity index (χ1) is 11.9. The Kier molecular flexibility index (Phi) is 4.01. The van der Waals surface area contributed by atoms with Crippen molar-refractivity contribution in [2.75, 3.05) is 0 Å². The van der Waals surface area contributed by atoms with Gasteiger partial charge in [-0.05, 0) is 31.2 Å².